The zero-order valence-corrected chi connectivity index (χ0v) is 8.59. The average Bonchev–Trinajstić information content (AvgIpc) is 2.39. The summed E-state index contributed by atoms with van der Waals surface area (Å²) in [5, 5.41) is 6.48. The van der Waals surface area contributed by atoms with Crippen molar-refractivity contribution in [2.75, 3.05) is 6.61 Å². The number of aromatic nitrogens is 2. The van der Waals surface area contributed by atoms with Gasteiger partial charge in [0.25, 0.3) is 6.47 Å². The van der Waals surface area contributed by atoms with E-state index in [1.165, 1.54) is 0 Å². The van der Waals surface area contributed by atoms with Crippen molar-refractivity contribution < 1.29 is 9.53 Å². The van der Waals surface area contributed by atoms with Crippen LogP contribution in [0.25, 0.3) is 0 Å². The molecule has 0 spiro atoms. The van der Waals surface area contributed by atoms with E-state index in [-0.39, 0.29) is 0 Å². The van der Waals surface area contributed by atoms with Crippen molar-refractivity contribution in [2.24, 2.45) is 0 Å². The number of aromatic amines is 1. The van der Waals surface area contributed by atoms with Crippen molar-refractivity contribution in [2.45, 2.75) is 13.8 Å². The van der Waals surface area contributed by atoms with Crippen LogP contribution in [-0.4, -0.2) is 23.3 Å². The predicted octanol–water partition coefficient (Wildman–Crippen LogP) is 1.66. The summed E-state index contributed by atoms with van der Waals surface area (Å²) >= 11 is 3.25. The summed E-state index contributed by atoms with van der Waals surface area (Å²) in [4.78, 5) is 9.18. The Bertz CT molecular complexity index is 208. The van der Waals surface area contributed by atoms with E-state index in [1.54, 1.807) is 13.1 Å². The van der Waals surface area contributed by atoms with Gasteiger partial charge in [-0.25, -0.2) is 0 Å². The molecule has 5 heteroatoms. The number of nitrogens with one attached hydrogen (secondary N) is 1. The first-order chi connectivity index (χ1) is 5.72. The molecule has 12 heavy (non-hydrogen) atoms. The molecule has 0 amide bonds. The third-order valence-electron chi connectivity index (χ3n) is 1.00. The molecule has 1 N–H and O–H groups in total. The average molecular weight is 235 g/mol. The van der Waals surface area contributed by atoms with Gasteiger partial charge in [-0.1, -0.05) is 0 Å². The summed E-state index contributed by atoms with van der Waals surface area (Å²) in [7, 11) is 0. The first kappa shape index (κ1) is 11.2. The van der Waals surface area contributed by atoms with Gasteiger partial charge in [-0.15, -0.1) is 0 Å². The van der Waals surface area contributed by atoms with Crippen LogP contribution < -0.4 is 0 Å². The van der Waals surface area contributed by atoms with Crippen LogP contribution in [0.5, 0.6) is 0 Å². The molecule has 0 unspecified atom stereocenters. The lowest BCUT2D eigenvalue weighted by molar-refractivity contribution is -0.128. The van der Waals surface area contributed by atoms with Gasteiger partial charge in [0, 0.05) is 5.56 Å². The Balaban J connectivity index is 0.000000217. The number of hydrogen-bond acceptors (Lipinski definition) is 3. The molecular weight excluding hydrogens is 224 g/mol. The first-order valence-electron chi connectivity index (χ1n) is 3.43. The highest BCUT2D eigenvalue weighted by atomic mass is 79.9. The van der Waals surface area contributed by atoms with Gasteiger partial charge in [-0.05, 0) is 29.8 Å². The summed E-state index contributed by atoms with van der Waals surface area (Å²) < 4.78 is 5.12. The van der Waals surface area contributed by atoms with Crippen LogP contribution in [0, 0.1) is 6.92 Å². The minimum atomic E-state index is 0.431. The summed E-state index contributed by atoms with van der Waals surface area (Å²) in [6.45, 7) is 4.64. The predicted molar refractivity (Wildman–Crippen MR) is 48.7 cm³/mol. The van der Waals surface area contributed by atoms with E-state index < -0.39 is 0 Å². The second-order valence-electron chi connectivity index (χ2n) is 1.92. The highest BCUT2D eigenvalue weighted by Crippen LogP contribution is 2.08. The largest absolute Gasteiger partial charge is 0.468 e. The minimum absolute atomic E-state index is 0.431. The molecule has 0 bridgehead atoms. The Labute approximate surface area is 79.4 Å². The Kier molecular flexibility index (Phi) is 6.37. The van der Waals surface area contributed by atoms with Gasteiger partial charge >= 0.3 is 0 Å². The monoisotopic (exact) mass is 234 g/mol. The molecule has 0 fully saturated rings. The SMILES string of the molecule is CCOC=O.Cc1cn[nH]c1Br. The smallest absolute Gasteiger partial charge is 0.293 e. The van der Waals surface area contributed by atoms with E-state index >= 15 is 0 Å². The molecule has 1 rings (SSSR count). The summed E-state index contributed by atoms with van der Waals surface area (Å²) in [5.74, 6) is 0. The zero-order valence-electron chi connectivity index (χ0n) is 7.00. The standard InChI is InChI=1S/C4H5BrN2.C3H6O2/c1-3-2-6-7-4(3)5;1-2-5-3-4/h2H,1H3,(H,6,7);3H,2H2,1H3. The first-order valence-corrected chi connectivity index (χ1v) is 4.22. The molecular formula is C7H11BrN2O2. The topological polar surface area (TPSA) is 55.0 Å². The van der Waals surface area contributed by atoms with E-state index in [1.807, 2.05) is 6.92 Å². The van der Waals surface area contributed by atoms with E-state index in [9.17, 15) is 4.79 Å². The second-order valence-corrected chi connectivity index (χ2v) is 2.71. The van der Waals surface area contributed by atoms with E-state index in [2.05, 4.69) is 30.9 Å². The summed E-state index contributed by atoms with van der Waals surface area (Å²) in [6, 6.07) is 0. The van der Waals surface area contributed by atoms with Crippen LogP contribution in [0.3, 0.4) is 0 Å². The Morgan fingerprint density at radius 2 is 2.50 bits per heavy atom. The number of rotatable bonds is 2. The number of carbonyl (C=O) groups excluding carboxylic acids is 1. The molecule has 0 aliphatic rings. The van der Waals surface area contributed by atoms with Gasteiger partial charge in [0.2, 0.25) is 0 Å². The lowest BCUT2D eigenvalue weighted by Crippen LogP contribution is -1.80. The fourth-order valence-corrected chi connectivity index (χ4v) is 0.603. The van der Waals surface area contributed by atoms with Crippen LogP contribution >= 0.6 is 15.9 Å². The molecule has 0 radical (unpaired) electrons. The van der Waals surface area contributed by atoms with Gasteiger partial charge in [-0.3, -0.25) is 9.89 Å². The normalized spacial score (nSPS) is 8.25. The van der Waals surface area contributed by atoms with Gasteiger partial charge < -0.3 is 4.74 Å². The third-order valence-corrected chi connectivity index (χ3v) is 1.80. The van der Waals surface area contributed by atoms with Crippen molar-refractivity contribution in [3.8, 4) is 0 Å². The van der Waals surface area contributed by atoms with Crippen molar-refractivity contribution in [1.29, 1.82) is 0 Å². The van der Waals surface area contributed by atoms with Gasteiger partial charge in [0.15, 0.2) is 0 Å². The molecule has 0 atom stereocenters. The van der Waals surface area contributed by atoms with Gasteiger partial charge in [0.05, 0.1) is 12.8 Å². The summed E-state index contributed by atoms with van der Waals surface area (Å²) in [5.41, 5.74) is 1.14. The lowest BCUT2D eigenvalue weighted by atomic mass is 10.4. The van der Waals surface area contributed by atoms with Crippen LogP contribution in [0.15, 0.2) is 10.8 Å². The molecule has 0 aromatic carbocycles. The van der Waals surface area contributed by atoms with Crippen molar-refractivity contribution in [3.63, 3.8) is 0 Å². The van der Waals surface area contributed by atoms with Crippen LogP contribution in [-0.2, 0) is 9.53 Å². The second kappa shape index (κ2) is 6.84. The molecule has 0 saturated heterocycles. The lowest BCUT2D eigenvalue weighted by Gasteiger charge is -1.79. The van der Waals surface area contributed by atoms with Crippen LogP contribution in [0.1, 0.15) is 12.5 Å². The fraction of sp³-hybridized carbons (Fsp3) is 0.429. The molecule has 1 aromatic heterocycles. The zero-order chi connectivity index (χ0) is 9.40. The van der Waals surface area contributed by atoms with Crippen molar-refractivity contribution in [3.05, 3.63) is 16.4 Å². The van der Waals surface area contributed by atoms with Crippen LogP contribution in [0.4, 0.5) is 0 Å². The fourth-order valence-electron chi connectivity index (χ4n) is 0.399. The Morgan fingerprint density at radius 3 is 2.58 bits per heavy atom. The molecule has 1 heterocycles. The Morgan fingerprint density at radius 1 is 1.83 bits per heavy atom. The maximum absolute atomic E-state index is 9.18. The Hall–Kier alpha value is -0.840. The van der Waals surface area contributed by atoms with E-state index in [0.29, 0.717) is 13.1 Å². The maximum Gasteiger partial charge on any atom is 0.293 e. The maximum atomic E-state index is 9.18. The molecule has 0 aliphatic carbocycles. The summed E-state index contributed by atoms with van der Waals surface area (Å²) in [6.07, 6.45) is 1.77. The van der Waals surface area contributed by atoms with Crippen molar-refractivity contribution >= 4 is 22.4 Å². The van der Waals surface area contributed by atoms with E-state index in [4.69, 9.17) is 0 Å². The van der Waals surface area contributed by atoms with Crippen molar-refractivity contribution in [1.82, 2.24) is 10.2 Å². The number of nitrogens with zero attached hydrogens (tertiary/aromatic N) is 1. The molecule has 1 aromatic rings. The molecule has 68 valence electrons. The molecule has 0 aliphatic heterocycles. The third kappa shape index (κ3) is 4.90. The molecule has 4 nitrogen and oxygen atoms in total. The number of aryl methyl sites for hydroxylation is 1. The highest BCUT2D eigenvalue weighted by Gasteiger charge is 1.89. The van der Waals surface area contributed by atoms with E-state index in [0.717, 1.165) is 10.2 Å². The molecule has 0 saturated carbocycles. The quantitative estimate of drug-likeness (QED) is 0.793. The van der Waals surface area contributed by atoms with Gasteiger partial charge in [0.1, 0.15) is 4.60 Å². The highest BCUT2D eigenvalue weighted by molar-refractivity contribution is 9.10. The van der Waals surface area contributed by atoms with Gasteiger partial charge in [-0.2, -0.15) is 5.10 Å². The number of hydrogen-bond donors (Lipinski definition) is 1. The van der Waals surface area contributed by atoms with Crippen LogP contribution in [0.2, 0.25) is 0 Å². The number of H-pyrrole nitrogens is 1. The number of carbonyl (C=O) groups is 1. The number of halogens is 1. The minimum Gasteiger partial charge on any atom is -0.468 e. The number of ether oxygens (including phenoxy) is 1.